The summed E-state index contributed by atoms with van der Waals surface area (Å²) in [7, 11) is 0. The van der Waals surface area contributed by atoms with E-state index in [0.717, 1.165) is 6.07 Å². The molecule has 0 atom stereocenters. The first-order chi connectivity index (χ1) is 7.61. The minimum atomic E-state index is -0.638. The predicted molar refractivity (Wildman–Crippen MR) is 58.3 cm³/mol. The average Bonchev–Trinajstić information content (AvgIpc) is 2.58. The van der Waals surface area contributed by atoms with Gasteiger partial charge in [-0.1, -0.05) is 0 Å². The van der Waals surface area contributed by atoms with Crippen molar-refractivity contribution in [2.75, 3.05) is 0 Å². The van der Waals surface area contributed by atoms with Crippen LogP contribution < -0.4 is 0 Å². The topological polar surface area (TPSA) is 30.7 Å². The second kappa shape index (κ2) is 4.21. The summed E-state index contributed by atoms with van der Waals surface area (Å²) in [5, 5.41) is 8.02. The highest BCUT2D eigenvalue weighted by molar-refractivity contribution is 7.80. The highest BCUT2D eigenvalue weighted by atomic mass is 32.1. The molecule has 84 valence electrons. The molecular formula is C10H9F2N3S. The minimum absolute atomic E-state index is 0.354. The van der Waals surface area contributed by atoms with Gasteiger partial charge in [-0.05, 0) is 19.1 Å². The summed E-state index contributed by atoms with van der Waals surface area (Å²) >= 11 is 4.10. The Kier molecular flexibility index (Phi) is 2.91. The summed E-state index contributed by atoms with van der Waals surface area (Å²) < 4.78 is 27.7. The summed E-state index contributed by atoms with van der Waals surface area (Å²) in [6, 6.07) is 3.25. The van der Waals surface area contributed by atoms with Gasteiger partial charge in [-0.15, -0.1) is 22.8 Å². The zero-order chi connectivity index (χ0) is 11.7. The Morgan fingerprint density at radius 2 is 1.81 bits per heavy atom. The van der Waals surface area contributed by atoms with Crippen LogP contribution >= 0.6 is 12.6 Å². The number of hydrogen-bond donors (Lipinski definition) is 1. The van der Waals surface area contributed by atoms with Crippen molar-refractivity contribution < 1.29 is 8.78 Å². The molecule has 0 saturated carbocycles. The van der Waals surface area contributed by atoms with E-state index in [1.165, 1.54) is 12.1 Å². The van der Waals surface area contributed by atoms with Gasteiger partial charge in [-0.25, -0.2) is 8.78 Å². The van der Waals surface area contributed by atoms with E-state index in [-0.39, 0.29) is 0 Å². The van der Waals surface area contributed by atoms with Crippen LogP contribution in [-0.2, 0) is 6.54 Å². The number of halogens is 2. The Labute approximate surface area is 96.5 Å². The SMILES string of the molecule is CCn1c(S)nnc1-c1cc(F)cc(F)c1. The van der Waals surface area contributed by atoms with Crippen molar-refractivity contribution >= 4 is 12.6 Å². The second-order valence-electron chi connectivity index (χ2n) is 3.23. The first-order valence-electron chi connectivity index (χ1n) is 4.70. The molecule has 0 radical (unpaired) electrons. The van der Waals surface area contributed by atoms with E-state index in [1.807, 2.05) is 6.92 Å². The fourth-order valence-electron chi connectivity index (χ4n) is 1.48. The number of benzene rings is 1. The van der Waals surface area contributed by atoms with Gasteiger partial charge in [0.05, 0.1) is 0 Å². The summed E-state index contributed by atoms with van der Waals surface area (Å²) in [5.41, 5.74) is 0.354. The van der Waals surface area contributed by atoms with Crippen LogP contribution in [0.4, 0.5) is 8.78 Å². The number of nitrogens with zero attached hydrogens (tertiary/aromatic N) is 3. The van der Waals surface area contributed by atoms with Gasteiger partial charge in [0.25, 0.3) is 0 Å². The van der Waals surface area contributed by atoms with Gasteiger partial charge in [-0.2, -0.15) is 0 Å². The molecule has 6 heteroatoms. The van der Waals surface area contributed by atoms with Crippen LogP contribution in [0.3, 0.4) is 0 Å². The Bertz CT molecular complexity index is 505. The van der Waals surface area contributed by atoms with Gasteiger partial charge in [-0.3, -0.25) is 0 Å². The van der Waals surface area contributed by atoms with E-state index >= 15 is 0 Å². The van der Waals surface area contributed by atoms with E-state index in [0.29, 0.717) is 23.1 Å². The Morgan fingerprint density at radius 1 is 1.19 bits per heavy atom. The maximum Gasteiger partial charge on any atom is 0.188 e. The molecule has 3 nitrogen and oxygen atoms in total. The molecule has 0 spiro atoms. The third-order valence-electron chi connectivity index (χ3n) is 2.17. The van der Waals surface area contributed by atoms with Crippen molar-refractivity contribution in [3.05, 3.63) is 29.8 Å². The molecule has 2 aromatic rings. The predicted octanol–water partition coefficient (Wildman–Crippen LogP) is 2.53. The van der Waals surface area contributed by atoms with Crippen molar-refractivity contribution in [2.24, 2.45) is 0 Å². The lowest BCUT2D eigenvalue weighted by Gasteiger charge is -2.04. The van der Waals surface area contributed by atoms with Gasteiger partial charge in [0.2, 0.25) is 0 Å². The molecule has 0 aliphatic rings. The van der Waals surface area contributed by atoms with Crippen molar-refractivity contribution in [3.63, 3.8) is 0 Å². The summed E-state index contributed by atoms with van der Waals surface area (Å²) in [4.78, 5) is 0. The largest absolute Gasteiger partial charge is 0.303 e. The molecule has 1 aromatic carbocycles. The molecule has 0 bridgehead atoms. The highest BCUT2D eigenvalue weighted by Crippen LogP contribution is 2.21. The summed E-state index contributed by atoms with van der Waals surface area (Å²) in [6.45, 7) is 2.46. The van der Waals surface area contributed by atoms with Crippen LogP contribution in [0.2, 0.25) is 0 Å². The molecule has 0 saturated heterocycles. The van der Waals surface area contributed by atoms with Gasteiger partial charge in [0.15, 0.2) is 11.0 Å². The van der Waals surface area contributed by atoms with Gasteiger partial charge < -0.3 is 4.57 Å². The third-order valence-corrected chi connectivity index (χ3v) is 2.50. The summed E-state index contributed by atoms with van der Waals surface area (Å²) in [6.07, 6.45) is 0. The van der Waals surface area contributed by atoms with Crippen molar-refractivity contribution in [1.82, 2.24) is 14.8 Å². The average molecular weight is 241 g/mol. The van der Waals surface area contributed by atoms with Crippen LogP contribution in [0, 0.1) is 11.6 Å². The van der Waals surface area contributed by atoms with Crippen LogP contribution in [0.25, 0.3) is 11.4 Å². The Hall–Kier alpha value is -1.43. The van der Waals surface area contributed by atoms with Crippen molar-refractivity contribution in [3.8, 4) is 11.4 Å². The fourth-order valence-corrected chi connectivity index (χ4v) is 1.76. The molecule has 0 unspecified atom stereocenters. The molecule has 0 aliphatic heterocycles. The summed E-state index contributed by atoms with van der Waals surface area (Å²) in [5.74, 6) is -0.867. The third kappa shape index (κ3) is 1.92. The molecule has 16 heavy (non-hydrogen) atoms. The van der Waals surface area contributed by atoms with Crippen molar-refractivity contribution in [2.45, 2.75) is 18.6 Å². The van der Waals surface area contributed by atoms with Gasteiger partial charge >= 0.3 is 0 Å². The number of rotatable bonds is 2. The molecule has 0 amide bonds. The van der Waals surface area contributed by atoms with Gasteiger partial charge in [0.1, 0.15) is 11.6 Å². The van der Waals surface area contributed by atoms with E-state index < -0.39 is 11.6 Å². The van der Waals surface area contributed by atoms with Crippen molar-refractivity contribution in [1.29, 1.82) is 0 Å². The van der Waals surface area contributed by atoms with Crippen LogP contribution in [0.5, 0.6) is 0 Å². The van der Waals surface area contributed by atoms with Gasteiger partial charge in [0, 0.05) is 18.2 Å². The molecular weight excluding hydrogens is 232 g/mol. The maximum absolute atomic E-state index is 13.0. The van der Waals surface area contributed by atoms with E-state index in [2.05, 4.69) is 22.8 Å². The number of aromatic nitrogens is 3. The van der Waals surface area contributed by atoms with E-state index in [9.17, 15) is 8.78 Å². The molecule has 1 aromatic heterocycles. The number of hydrogen-bond acceptors (Lipinski definition) is 3. The monoisotopic (exact) mass is 241 g/mol. The maximum atomic E-state index is 13.0. The normalized spacial score (nSPS) is 10.8. The molecule has 0 N–H and O–H groups in total. The number of thiol groups is 1. The lowest BCUT2D eigenvalue weighted by Crippen LogP contribution is -1.99. The van der Waals surface area contributed by atoms with Crippen LogP contribution in [-0.4, -0.2) is 14.8 Å². The standard InChI is InChI=1S/C10H9F2N3S/c1-2-15-9(13-14-10(15)16)6-3-7(11)5-8(12)4-6/h3-5H,2H2,1H3,(H,14,16). The Morgan fingerprint density at radius 3 is 2.38 bits per heavy atom. The minimum Gasteiger partial charge on any atom is -0.303 e. The first-order valence-corrected chi connectivity index (χ1v) is 5.15. The lowest BCUT2D eigenvalue weighted by atomic mass is 10.2. The second-order valence-corrected chi connectivity index (χ2v) is 3.63. The van der Waals surface area contributed by atoms with E-state index in [4.69, 9.17) is 0 Å². The Balaban J connectivity index is 2.58. The molecule has 2 rings (SSSR count). The van der Waals surface area contributed by atoms with Crippen LogP contribution in [0.1, 0.15) is 6.92 Å². The quantitative estimate of drug-likeness (QED) is 0.819. The molecule has 0 aliphatic carbocycles. The lowest BCUT2D eigenvalue weighted by molar-refractivity contribution is 0.583. The fraction of sp³-hybridized carbons (Fsp3) is 0.200. The highest BCUT2D eigenvalue weighted by Gasteiger charge is 2.12. The smallest absolute Gasteiger partial charge is 0.188 e. The van der Waals surface area contributed by atoms with E-state index in [1.54, 1.807) is 4.57 Å². The zero-order valence-electron chi connectivity index (χ0n) is 8.48. The molecule has 0 fully saturated rings. The zero-order valence-corrected chi connectivity index (χ0v) is 9.38. The molecule has 1 heterocycles. The van der Waals surface area contributed by atoms with Crippen LogP contribution in [0.15, 0.2) is 23.4 Å². The first kappa shape index (κ1) is 11.1.